The molecule has 0 amide bonds. The second-order valence-electron chi connectivity index (χ2n) is 7.78. The highest BCUT2D eigenvalue weighted by atomic mass is 32.2. The van der Waals surface area contributed by atoms with Crippen LogP contribution in [0.5, 0.6) is 0 Å². The Morgan fingerprint density at radius 2 is 1.91 bits per heavy atom. The summed E-state index contributed by atoms with van der Waals surface area (Å²) in [5.74, 6) is 0.944. The number of hydrogen-bond acceptors (Lipinski definition) is 7. The van der Waals surface area contributed by atoms with E-state index in [9.17, 15) is 13.2 Å². The van der Waals surface area contributed by atoms with Crippen molar-refractivity contribution in [3.8, 4) is 0 Å². The monoisotopic (exact) mass is 513 g/mol. The largest absolute Gasteiger partial charge is 0.467 e. The molecule has 0 saturated heterocycles. The van der Waals surface area contributed by atoms with Crippen LogP contribution in [-0.2, 0) is 27.1 Å². The van der Waals surface area contributed by atoms with E-state index in [0.717, 1.165) is 22.0 Å². The third kappa shape index (κ3) is 5.29. The molecule has 0 unspecified atom stereocenters. The molecule has 4 aromatic rings. The van der Waals surface area contributed by atoms with Crippen molar-refractivity contribution in [3.05, 3.63) is 77.7 Å². The van der Waals surface area contributed by atoms with Crippen molar-refractivity contribution in [1.29, 1.82) is 0 Å². The number of carbonyl (C=O) groups is 1. The number of sulfonamides is 1. The molecule has 4 rings (SSSR count). The van der Waals surface area contributed by atoms with Crippen LogP contribution in [0.15, 0.2) is 75.3 Å². The average Bonchev–Trinajstić information content (AvgIpc) is 3.51. The summed E-state index contributed by atoms with van der Waals surface area (Å²) in [6.45, 7) is 4.89. The predicted octanol–water partition coefficient (Wildman–Crippen LogP) is 4.79. The molecule has 0 aliphatic rings. The number of hydrogen-bond donors (Lipinski definition) is 0. The van der Waals surface area contributed by atoms with Crippen LogP contribution in [0.3, 0.4) is 0 Å². The summed E-state index contributed by atoms with van der Waals surface area (Å²) in [6.07, 6.45) is 1.62. The third-order valence-electron chi connectivity index (χ3n) is 5.64. The topological polar surface area (TPSA) is 94.6 Å². The summed E-state index contributed by atoms with van der Waals surface area (Å²) in [7, 11) is -2.25. The van der Waals surface area contributed by atoms with Gasteiger partial charge in [0.2, 0.25) is 10.0 Å². The van der Waals surface area contributed by atoms with Gasteiger partial charge in [-0.05, 0) is 48.0 Å². The van der Waals surface area contributed by atoms with E-state index in [1.807, 2.05) is 42.7 Å². The van der Waals surface area contributed by atoms with Gasteiger partial charge in [0.15, 0.2) is 5.16 Å². The van der Waals surface area contributed by atoms with Gasteiger partial charge in [-0.15, -0.1) is 0 Å². The molecule has 0 saturated carbocycles. The van der Waals surface area contributed by atoms with E-state index in [0.29, 0.717) is 36.5 Å². The number of fused-ring (bicyclic) bond motifs is 1. The minimum atomic E-state index is -3.60. The molecule has 8 nitrogen and oxygen atoms in total. The summed E-state index contributed by atoms with van der Waals surface area (Å²) in [4.78, 5) is 16.9. The molecule has 184 valence electrons. The molecule has 0 fully saturated rings. The number of rotatable bonds is 10. The zero-order valence-corrected chi connectivity index (χ0v) is 21.4. The lowest BCUT2D eigenvalue weighted by Crippen LogP contribution is -2.30. The highest BCUT2D eigenvalue weighted by molar-refractivity contribution is 7.98. The standard InChI is InChI=1S/C25H27N3O5S2/c1-4-27(5-2)35(30,31)21-11-12-23-22(15-21)26-25(28(23)16-20-10-7-13-33-20)34-17-18-8-6-9-19(14-18)24(29)32-3/h6-15H,4-5,16-17H2,1-3H3. The summed E-state index contributed by atoms with van der Waals surface area (Å²) in [6, 6.07) is 16.0. The second-order valence-corrected chi connectivity index (χ2v) is 10.7. The maximum absolute atomic E-state index is 13.0. The highest BCUT2D eigenvalue weighted by Gasteiger charge is 2.23. The van der Waals surface area contributed by atoms with Crippen LogP contribution in [0.4, 0.5) is 0 Å². The van der Waals surface area contributed by atoms with Gasteiger partial charge in [0.1, 0.15) is 5.76 Å². The maximum Gasteiger partial charge on any atom is 0.337 e. The Kier molecular flexibility index (Phi) is 7.63. The van der Waals surface area contributed by atoms with Gasteiger partial charge in [-0.3, -0.25) is 0 Å². The van der Waals surface area contributed by atoms with Crippen molar-refractivity contribution in [2.45, 2.75) is 36.2 Å². The molecule has 0 aliphatic heterocycles. The van der Waals surface area contributed by atoms with Gasteiger partial charge in [0.05, 0.1) is 41.4 Å². The number of furan rings is 1. The van der Waals surface area contributed by atoms with Crippen molar-refractivity contribution >= 4 is 38.8 Å². The Morgan fingerprint density at radius 1 is 1.11 bits per heavy atom. The lowest BCUT2D eigenvalue weighted by atomic mass is 10.1. The number of esters is 1. The first kappa shape index (κ1) is 25.0. The van der Waals surface area contributed by atoms with E-state index in [1.165, 1.54) is 23.2 Å². The third-order valence-corrected chi connectivity index (χ3v) is 8.73. The Hall–Kier alpha value is -3.08. The van der Waals surface area contributed by atoms with Crippen LogP contribution in [0.1, 0.15) is 35.5 Å². The average molecular weight is 514 g/mol. The fourth-order valence-corrected chi connectivity index (χ4v) is 6.27. The minimum absolute atomic E-state index is 0.221. The first-order valence-electron chi connectivity index (χ1n) is 11.2. The lowest BCUT2D eigenvalue weighted by Gasteiger charge is -2.18. The SMILES string of the molecule is CCN(CC)S(=O)(=O)c1ccc2c(c1)nc(SCc1cccc(C(=O)OC)c1)n2Cc1ccco1. The van der Waals surface area contributed by atoms with Gasteiger partial charge in [-0.2, -0.15) is 4.31 Å². The van der Waals surface area contributed by atoms with Crippen LogP contribution in [0.25, 0.3) is 11.0 Å². The fraction of sp³-hybridized carbons (Fsp3) is 0.280. The summed E-state index contributed by atoms with van der Waals surface area (Å²) in [5.41, 5.74) is 2.83. The van der Waals surface area contributed by atoms with E-state index < -0.39 is 10.0 Å². The number of benzene rings is 2. The van der Waals surface area contributed by atoms with Crippen LogP contribution < -0.4 is 0 Å². The molecule has 35 heavy (non-hydrogen) atoms. The molecule has 10 heteroatoms. The number of aromatic nitrogens is 2. The number of thioether (sulfide) groups is 1. The van der Waals surface area contributed by atoms with Crippen LogP contribution >= 0.6 is 11.8 Å². The van der Waals surface area contributed by atoms with Crippen LogP contribution in [0.2, 0.25) is 0 Å². The summed E-state index contributed by atoms with van der Waals surface area (Å²) >= 11 is 1.50. The molecule has 0 N–H and O–H groups in total. The van der Waals surface area contributed by atoms with Crippen molar-refractivity contribution in [2.75, 3.05) is 20.2 Å². The van der Waals surface area contributed by atoms with Crippen molar-refractivity contribution in [2.24, 2.45) is 0 Å². The molecule has 0 atom stereocenters. The smallest absolute Gasteiger partial charge is 0.337 e. The Labute approximate surface area is 208 Å². The summed E-state index contributed by atoms with van der Waals surface area (Å²) < 4.78 is 39.9. The van der Waals surface area contributed by atoms with Crippen molar-refractivity contribution in [3.63, 3.8) is 0 Å². The van der Waals surface area contributed by atoms with Crippen molar-refractivity contribution in [1.82, 2.24) is 13.9 Å². The van der Waals surface area contributed by atoms with Gasteiger partial charge in [-0.25, -0.2) is 18.2 Å². The molecule has 0 radical (unpaired) electrons. The van der Waals surface area contributed by atoms with Crippen molar-refractivity contribution < 1.29 is 22.4 Å². The summed E-state index contributed by atoms with van der Waals surface area (Å²) in [5, 5.41) is 0.720. The van der Waals surface area contributed by atoms with Crippen LogP contribution in [-0.4, -0.2) is 48.4 Å². The van der Waals surface area contributed by atoms with Gasteiger partial charge >= 0.3 is 5.97 Å². The number of methoxy groups -OCH3 is 1. The Bertz CT molecular complexity index is 1420. The van der Waals surface area contributed by atoms with E-state index in [2.05, 4.69) is 0 Å². The number of carbonyl (C=O) groups excluding carboxylic acids is 1. The zero-order valence-electron chi connectivity index (χ0n) is 19.8. The van der Waals surface area contributed by atoms with Gasteiger partial charge in [0.25, 0.3) is 0 Å². The zero-order chi connectivity index (χ0) is 25.0. The molecule has 0 aliphatic carbocycles. The molecule has 2 heterocycles. The minimum Gasteiger partial charge on any atom is -0.467 e. The van der Waals surface area contributed by atoms with Gasteiger partial charge < -0.3 is 13.7 Å². The molecular formula is C25H27N3O5S2. The first-order chi connectivity index (χ1) is 16.9. The molecule has 2 aromatic heterocycles. The van der Waals surface area contributed by atoms with E-state index in [1.54, 1.807) is 36.6 Å². The number of nitrogens with zero attached hydrogens (tertiary/aromatic N) is 3. The van der Waals surface area contributed by atoms with E-state index in [-0.39, 0.29) is 10.9 Å². The predicted molar refractivity (Wildman–Crippen MR) is 135 cm³/mol. The van der Waals surface area contributed by atoms with E-state index in [4.69, 9.17) is 14.1 Å². The highest BCUT2D eigenvalue weighted by Crippen LogP contribution is 2.30. The van der Waals surface area contributed by atoms with E-state index >= 15 is 0 Å². The molecular weight excluding hydrogens is 486 g/mol. The van der Waals surface area contributed by atoms with Gasteiger partial charge in [0, 0.05) is 18.8 Å². The van der Waals surface area contributed by atoms with Gasteiger partial charge in [-0.1, -0.05) is 37.7 Å². The quantitative estimate of drug-likeness (QED) is 0.222. The fourth-order valence-electron chi connectivity index (χ4n) is 3.84. The molecule has 0 bridgehead atoms. The Morgan fingerprint density at radius 3 is 2.60 bits per heavy atom. The maximum atomic E-state index is 13.0. The molecule has 2 aromatic carbocycles. The first-order valence-corrected chi connectivity index (χ1v) is 13.6. The molecule has 0 spiro atoms. The second kappa shape index (κ2) is 10.7. The number of imidazole rings is 1. The lowest BCUT2D eigenvalue weighted by molar-refractivity contribution is 0.0600. The Balaban J connectivity index is 1.70. The number of ether oxygens (including phenoxy) is 1. The van der Waals surface area contributed by atoms with Crippen LogP contribution in [0, 0.1) is 0 Å². The normalized spacial score (nSPS) is 11.9.